The topological polar surface area (TPSA) is 122 Å². The number of carbonyl (C=O) groups excluding carboxylic acids is 1. The highest BCUT2D eigenvalue weighted by Crippen LogP contribution is 2.25. The molecule has 0 atom stereocenters. The van der Waals surface area contributed by atoms with E-state index in [0.29, 0.717) is 17.1 Å². The highest BCUT2D eigenvalue weighted by Gasteiger charge is 2.16. The quantitative estimate of drug-likeness (QED) is 0.296. The summed E-state index contributed by atoms with van der Waals surface area (Å²) in [6, 6.07) is 4.65. The molecule has 0 aliphatic carbocycles. The summed E-state index contributed by atoms with van der Waals surface area (Å²) in [4.78, 5) is 12.2. The molecule has 1 aromatic rings. The van der Waals surface area contributed by atoms with E-state index >= 15 is 0 Å². The summed E-state index contributed by atoms with van der Waals surface area (Å²) in [5.74, 6) is -0.752. The van der Waals surface area contributed by atoms with Gasteiger partial charge >= 0.3 is 0 Å². The molecule has 1 rings (SSSR count). The highest BCUT2D eigenvalue weighted by atomic mass is 16.2. The lowest BCUT2D eigenvalue weighted by molar-refractivity contribution is -0.115. The molecule has 15 heavy (non-hydrogen) atoms. The molecule has 7 N–H and O–H groups in total. The summed E-state index contributed by atoms with van der Waals surface area (Å²) < 4.78 is 0. The van der Waals surface area contributed by atoms with Crippen LogP contribution in [0.5, 0.6) is 0 Å². The number of anilines is 3. The second kappa shape index (κ2) is 3.87. The highest BCUT2D eigenvalue weighted by molar-refractivity contribution is 6.15. The molecule has 0 saturated carbocycles. The van der Waals surface area contributed by atoms with E-state index in [1.54, 1.807) is 12.1 Å². The van der Waals surface area contributed by atoms with Gasteiger partial charge in [-0.3, -0.25) is 10.2 Å². The first kappa shape index (κ1) is 10.8. The Labute approximate surface area is 87.2 Å². The average molecular weight is 207 g/mol. The fourth-order valence-electron chi connectivity index (χ4n) is 1.25. The number of nitrogens with zero attached hydrogens (tertiary/aromatic N) is 1. The molecule has 0 fully saturated rings. The predicted molar refractivity (Wildman–Crippen MR) is 60.3 cm³/mol. The molecule has 6 heteroatoms. The minimum absolute atomic E-state index is 0.306. The number of guanidine groups is 1. The Morgan fingerprint density at radius 2 is 2.00 bits per heavy atom. The first-order chi connectivity index (χ1) is 6.93. The molecule has 0 unspecified atom stereocenters. The van der Waals surface area contributed by atoms with Gasteiger partial charge in [0.05, 0.1) is 11.4 Å². The first-order valence-corrected chi connectivity index (χ1v) is 4.23. The molecule has 0 bridgehead atoms. The van der Waals surface area contributed by atoms with Gasteiger partial charge in [0.25, 0.3) is 0 Å². The molecular formula is C9H13N5O. The summed E-state index contributed by atoms with van der Waals surface area (Å²) in [7, 11) is 0. The van der Waals surface area contributed by atoms with Crippen LogP contribution in [0.2, 0.25) is 0 Å². The zero-order valence-electron chi connectivity index (χ0n) is 8.32. The van der Waals surface area contributed by atoms with Crippen molar-refractivity contribution in [3.8, 4) is 0 Å². The lowest BCUT2D eigenvalue weighted by Gasteiger charge is -2.20. The van der Waals surface area contributed by atoms with Gasteiger partial charge in [-0.15, -0.1) is 0 Å². The number of nitrogens with one attached hydrogen (secondary N) is 1. The number of rotatable bonds is 1. The van der Waals surface area contributed by atoms with Crippen molar-refractivity contribution in [3.63, 3.8) is 0 Å². The number of nitrogen functional groups attached to an aromatic ring is 2. The number of carbonyl (C=O) groups is 1. The van der Waals surface area contributed by atoms with Crippen molar-refractivity contribution in [2.24, 2.45) is 5.73 Å². The van der Waals surface area contributed by atoms with Crippen molar-refractivity contribution in [2.45, 2.75) is 6.92 Å². The molecule has 0 saturated heterocycles. The fraction of sp³-hybridized carbons (Fsp3) is 0.111. The number of benzene rings is 1. The lowest BCUT2D eigenvalue weighted by atomic mass is 10.2. The molecule has 0 radical (unpaired) electrons. The van der Waals surface area contributed by atoms with E-state index in [2.05, 4.69) is 0 Å². The van der Waals surface area contributed by atoms with Gasteiger partial charge in [-0.25, -0.2) is 4.90 Å². The molecular weight excluding hydrogens is 194 g/mol. The van der Waals surface area contributed by atoms with E-state index in [1.165, 1.54) is 13.0 Å². The molecule has 0 heterocycles. The summed E-state index contributed by atoms with van der Waals surface area (Å²) in [5.41, 5.74) is 17.6. The van der Waals surface area contributed by atoms with Gasteiger partial charge < -0.3 is 17.2 Å². The normalized spacial score (nSPS) is 9.67. The monoisotopic (exact) mass is 207 g/mol. The number of amides is 1. The van der Waals surface area contributed by atoms with Gasteiger partial charge in [-0.2, -0.15) is 0 Å². The molecule has 6 nitrogen and oxygen atoms in total. The van der Waals surface area contributed by atoms with Gasteiger partial charge in [0, 0.05) is 12.6 Å². The maximum Gasteiger partial charge on any atom is 0.230 e. The van der Waals surface area contributed by atoms with Gasteiger partial charge in [-0.05, 0) is 18.2 Å². The van der Waals surface area contributed by atoms with Gasteiger partial charge in [0.15, 0.2) is 5.96 Å². The van der Waals surface area contributed by atoms with Crippen LogP contribution in [0.15, 0.2) is 18.2 Å². The largest absolute Gasteiger partial charge is 0.399 e. The van der Waals surface area contributed by atoms with Crippen LogP contribution in [0.3, 0.4) is 0 Å². The van der Waals surface area contributed by atoms with Crippen LogP contribution in [0.25, 0.3) is 0 Å². The second-order valence-electron chi connectivity index (χ2n) is 3.06. The van der Waals surface area contributed by atoms with E-state index in [9.17, 15) is 4.79 Å². The number of hydrogen-bond donors (Lipinski definition) is 4. The van der Waals surface area contributed by atoms with Crippen LogP contribution >= 0.6 is 0 Å². The fourth-order valence-corrected chi connectivity index (χ4v) is 1.25. The van der Waals surface area contributed by atoms with Crippen molar-refractivity contribution >= 4 is 28.9 Å². The Balaban J connectivity index is 3.23. The van der Waals surface area contributed by atoms with Crippen molar-refractivity contribution in [1.82, 2.24) is 0 Å². The predicted octanol–water partition coefficient (Wildman–Crippen LogP) is 0.0974. The average Bonchev–Trinajstić information content (AvgIpc) is 2.08. The number of hydrogen-bond acceptors (Lipinski definition) is 4. The Morgan fingerprint density at radius 3 is 2.40 bits per heavy atom. The van der Waals surface area contributed by atoms with E-state index < -0.39 is 0 Å². The zero-order valence-corrected chi connectivity index (χ0v) is 8.32. The van der Waals surface area contributed by atoms with Gasteiger partial charge in [0.2, 0.25) is 5.91 Å². The van der Waals surface area contributed by atoms with Crippen molar-refractivity contribution in [2.75, 3.05) is 16.4 Å². The molecule has 1 amide bonds. The molecule has 0 aliphatic heterocycles. The molecule has 1 aromatic carbocycles. The molecule has 0 aromatic heterocycles. The van der Waals surface area contributed by atoms with Gasteiger partial charge in [-0.1, -0.05) is 0 Å². The van der Waals surface area contributed by atoms with Crippen LogP contribution in [0, 0.1) is 5.41 Å². The Morgan fingerprint density at radius 1 is 1.40 bits per heavy atom. The van der Waals surface area contributed by atoms with Crippen molar-refractivity contribution < 1.29 is 4.79 Å². The van der Waals surface area contributed by atoms with Crippen LogP contribution in [-0.2, 0) is 4.79 Å². The van der Waals surface area contributed by atoms with E-state index in [-0.39, 0.29) is 11.9 Å². The van der Waals surface area contributed by atoms with Gasteiger partial charge in [0.1, 0.15) is 0 Å². The summed E-state index contributed by atoms with van der Waals surface area (Å²) in [5, 5.41) is 7.27. The van der Waals surface area contributed by atoms with Crippen LogP contribution in [0.1, 0.15) is 6.92 Å². The summed E-state index contributed by atoms with van der Waals surface area (Å²) in [6.45, 7) is 1.30. The third-order valence-corrected chi connectivity index (χ3v) is 1.85. The molecule has 0 spiro atoms. The smallest absolute Gasteiger partial charge is 0.230 e. The summed E-state index contributed by atoms with van der Waals surface area (Å²) in [6.07, 6.45) is 0. The SMILES string of the molecule is CC(=O)N(C(=N)N)c1ccc(N)cc1N. The van der Waals surface area contributed by atoms with Crippen molar-refractivity contribution in [1.29, 1.82) is 5.41 Å². The summed E-state index contributed by atoms with van der Waals surface area (Å²) >= 11 is 0. The van der Waals surface area contributed by atoms with E-state index in [0.717, 1.165) is 4.90 Å². The second-order valence-corrected chi connectivity index (χ2v) is 3.06. The van der Waals surface area contributed by atoms with Crippen LogP contribution < -0.4 is 22.1 Å². The van der Waals surface area contributed by atoms with Crippen LogP contribution in [-0.4, -0.2) is 11.9 Å². The molecule has 0 aliphatic rings. The van der Waals surface area contributed by atoms with E-state index in [4.69, 9.17) is 22.6 Å². The van der Waals surface area contributed by atoms with Crippen molar-refractivity contribution in [3.05, 3.63) is 18.2 Å². The van der Waals surface area contributed by atoms with Crippen LogP contribution in [0.4, 0.5) is 17.1 Å². The standard InChI is InChI=1S/C9H13N5O/c1-5(15)14(9(12)13)8-3-2-6(10)4-7(8)11/h2-4H,10-11H2,1H3,(H3,12,13). The Bertz CT molecular complexity index is 401. The maximum atomic E-state index is 11.2. The Kier molecular flexibility index (Phi) is 2.80. The lowest BCUT2D eigenvalue weighted by Crippen LogP contribution is -2.40. The number of nitrogens with two attached hydrogens (primary N) is 3. The minimum Gasteiger partial charge on any atom is -0.399 e. The Hall–Kier alpha value is -2.24. The maximum absolute atomic E-state index is 11.2. The van der Waals surface area contributed by atoms with E-state index in [1.807, 2.05) is 0 Å². The zero-order chi connectivity index (χ0) is 11.6. The third-order valence-electron chi connectivity index (χ3n) is 1.85. The molecule has 80 valence electrons. The first-order valence-electron chi connectivity index (χ1n) is 4.23. The minimum atomic E-state index is -0.376. The third kappa shape index (κ3) is 2.16.